The molecule has 0 radical (unpaired) electrons. The third-order valence-electron chi connectivity index (χ3n) is 4.30. The van der Waals surface area contributed by atoms with Crippen molar-refractivity contribution >= 4 is 17.2 Å². The average Bonchev–Trinajstić information content (AvgIpc) is 3.10. The number of nitrogens with zero attached hydrogens (tertiary/aromatic N) is 2. The summed E-state index contributed by atoms with van der Waals surface area (Å²) in [5, 5.41) is 4.31. The van der Waals surface area contributed by atoms with Gasteiger partial charge in [0, 0.05) is 32.7 Å². The minimum Gasteiger partial charge on any atom is -0.494 e. The molecular formula is C19H24N2O2S. The number of rotatable bonds is 6. The number of amides is 1. The molecule has 0 bridgehead atoms. The van der Waals surface area contributed by atoms with E-state index in [4.69, 9.17) is 4.74 Å². The van der Waals surface area contributed by atoms with Crippen LogP contribution in [0.5, 0.6) is 5.75 Å². The fourth-order valence-corrected chi connectivity index (χ4v) is 3.61. The summed E-state index contributed by atoms with van der Waals surface area (Å²) in [5.41, 5.74) is 2.42. The molecule has 0 atom stereocenters. The van der Waals surface area contributed by atoms with Crippen LogP contribution in [0.15, 0.2) is 41.1 Å². The maximum Gasteiger partial charge on any atom is 0.227 e. The Labute approximate surface area is 147 Å². The minimum atomic E-state index is 0.217. The van der Waals surface area contributed by atoms with Crippen molar-refractivity contribution in [1.29, 1.82) is 0 Å². The Balaban J connectivity index is 1.46. The smallest absolute Gasteiger partial charge is 0.227 e. The van der Waals surface area contributed by atoms with E-state index in [-0.39, 0.29) is 5.91 Å². The lowest BCUT2D eigenvalue weighted by Crippen LogP contribution is -2.48. The topological polar surface area (TPSA) is 32.8 Å². The van der Waals surface area contributed by atoms with E-state index in [9.17, 15) is 4.79 Å². The van der Waals surface area contributed by atoms with Crippen molar-refractivity contribution in [2.24, 2.45) is 0 Å². The van der Waals surface area contributed by atoms with Crippen molar-refractivity contribution in [3.05, 3.63) is 52.2 Å². The van der Waals surface area contributed by atoms with Crippen LogP contribution in [0, 0.1) is 0 Å². The van der Waals surface area contributed by atoms with Gasteiger partial charge in [0.15, 0.2) is 0 Å². The van der Waals surface area contributed by atoms with Crippen LogP contribution < -0.4 is 4.74 Å². The summed E-state index contributed by atoms with van der Waals surface area (Å²) in [5.74, 6) is 1.07. The quantitative estimate of drug-likeness (QED) is 0.807. The van der Waals surface area contributed by atoms with Crippen LogP contribution in [0.25, 0.3) is 0 Å². The fourth-order valence-electron chi connectivity index (χ4n) is 2.95. The molecule has 1 saturated heterocycles. The summed E-state index contributed by atoms with van der Waals surface area (Å²) in [6, 6.07) is 10.0. The van der Waals surface area contributed by atoms with E-state index < -0.39 is 0 Å². The highest BCUT2D eigenvalue weighted by atomic mass is 32.1. The van der Waals surface area contributed by atoms with Crippen LogP contribution >= 0.6 is 11.3 Å². The van der Waals surface area contributed by atoms with Gasteiger partial charge in [-0.3, -0.25) is 9.69 Å². The van der Waals surface area contributed by atoms with Gasteiger partial charge in [0.25, 0.3) is 0 Å². The van der Waals surface area contributed by atoms with Gasteiger partial charge in [-0.05, 0) is 47.0 Å². The Morgan fingerprint density at radius 2 is 1.83 bits per heavy atom. The van der Waals surface area contributed by atoms with Gasteiger partial charge in [-0.1, -0.05) is 12.1 Å². The average molecular weight is 344 g/mol. The number of hydrogen-bond acceptors (Lipinski definition) is 4. The number of carbonyl (C=O) groups is 1. The van der Waals surface area contributed by atoms with E-state index in [1.165, 1.54) is 5.56 Å². The lowest BCUT2D eigenvalue weighted by Gasteiger charge is -2.34. The zero-order valence-electron chi connectivity index (χ0n) is 14.1. The number of hydrogen-bond donors (Lipinski definition) is 0. The van der Waals surface area contributed by atoms with Gasteiger partial charge < -0.3 is 9.64 Å². The van der Waals surface area contributed by atoms with Crippen LogP contribution in [0.4, 0.5) is 0 Å². The van der Waals surface area contributed by atoms with Crippen molar-refractivity contribution in [3.8, 4) is 5.75 Å². The highest BCUT2D eigenvalue weighted by Crippen LogP contribution is 2.15. The first-order chi connectivity index (χ1) is 11.7. The molecule has 2 aromatic rings. The molecule has 1 aliphatic rings. The molecule has 1 fully saturated rings. The molecular weight excluding hydrogens is 320 g/mol. The van der Waals surface area contributed by atoms with Crippen LogP contribution in [0.2, 0.25) is 0 Å². The van der Waals surface area contributed by atoms with Crippen molar-refractivity contribution < 1.29 is 9.53 Å². The zero-order valence-corrected chi connectivity index (χ0v) is 14.9. The molecule has 1 aliphatic heterocycles. The number of benzene rings is 1. The van der Waals surface area contributed by atoms with Gasteiger partial charge in [0.05, 0.1) is 13.0 Å². The normalized spacial score (nSPS) is 15.5. The standard InChI is InChI=1S/C19H24N2O2S/c1-2-23-18-5-3-16(4-6-18)13-19(22)21-10-8-20(9-11-21)14-17-7-12-24-15-17/h3-7,12,15H,2,8-11,13-14H2,1H3. The summed E-state index contributed by atoms with van der Waals surface area (Å²) < 4.78 is 5.44. The SMILES string of the molecule is CCOc1ccc(CC(=O)N2CCN(Cc3ccsc3)CC2)cc1. The molecule has 1 aromatic heterocycles. The minimum absolute atomic E-state index is 0.217. The second-order valence-corrected chi connectivity index (χ2v) is 6.82. The first-order valence-electron chi connectivity index (χ1n) is 8.47. The van der Waals surface area contributed by atoms with Crippen molar-refractivity contribution in [2.75, 3.05) is 32.8 Å². The molecule has 5 heteroatoms. The largest absolute Gasteiger partial charge is 0.494 e. The van der Waals surface area contributed by atoms with Gasteiger partial charge in [0.2, 0.25) is 5.91 Å². The third-order valence-corrected chi connectivity index (χ3v) is 5.03. The molecule has 0 saturated carbocycles. The summed E-state index contributed by atoms with van der Waals surface area (Å²) in [6.07, 6.45) is 0.469. The Kier molecular flexibility index (Phi) is 5.88. The van der Waals surface area contributed by atoms with Crippen molar-refractivity contribution in [3.63, 3.8) is 0 Å². The molecule has 24 heavy (non-hydrogen) atoms. The highest BCUT2D eigenvalue weighted by molar-refractivity contribution is 7.07. The molecule has 0 aliphatic carbocycles. The van der Waals surface area contributed by atoms with Gasteiger partial charge in [-0.2, -0.15) is 11.3 Å². The second kappa shape index (κ2) is 8.31. The highest BCUT2D eigenvalue weighted by Gasteiger charge is 2.21. The van der Waals surface area contributed by atoms with Crippen LogP contribution in [-0.4, -0.2) is 48.5 Å². The Hall–Kier alpha value is -1.85. The summed E-state index contributed by atoms with van der Waals surface area (Å²) in [4.78, 5) is 16.9. The molecule has 128 valence electrons. The van der Waals surface area contributed by atoms with Crippen LogP contribution in [0.1, 0.15) is 18.1 Å². The lowest BCUT2D eigenvalue weighted by molar-refractivity contribution is -0.132. The molecule has 1 amide bonds. The summed E-state index contributed by atoms with van der Waals surface area (Å²) in [6.45, 7) is 7.16. The second-order valence-electron chi connectivity index (χ2n) is 6.04. The van der Waals surface area contributed by atoms with E-state index in [2.05, 4.69) is 21.7 Å². The Morgan fingerprint density at radius 1 is 1.08 bits per heavy atom. The number of carbonyl (C=O) groups excluding carboxylic acids is 1. The summed E-state index contributed by atoms with van der Waals surface area (Å²) >= 11 is 1.74. The zero-order chi connectivity index (χ0) is 16.8. The van der Waals surface area contributed by atoms with Gasteiger partial charge >= 0.3 is 0 Å². The molecule has 0 N–H and O–H groups in total. The maximum absolute atomic E-state index is 12.5. The predicted octanol–water partition coefficient (Wildman–Crippen LogP) is 3.03. The molecule has 3 rings (SSSR count). The molecule has 0 spiro atoms. The lowest BCUT2D eigenvalue weighted by atomic mass is 10.1. The molecule has 2 heterocycles. The molecule has 1 aromatic carbocycles. The first-order valence-corrected chi connectivity index (χ1v) is 9.42. The van der Waals surface area contributed by atoms with E-state index in [1.807, 2.05) is 36.1 Å². The van der Waals surface area contributed by atoms with E-state index in [1.54, 1.807) is 11.3 Å². The number of piperazine rings is 1. The van der Waals surface area contributed by atoms with Gasteiger partial charge in [-0.15, -0.1) is 0 Å². The van der Waals surface area contributed by atoms with Gasteiger partial charge in [-0.25, -0.2) is 0 Å². The summed E-state index contributed by atoms with van der Waals surface area (Å²) in [7, 11) is 0. The first kappa shape index (κ1) is 17.0. The molecule has 4 nitrogen and oxygen atoms in total. The third kappa shape index (κ3) is 4.58. The number of thiophene rings is 1. The number of ether oxygens (including phenoxy) is 1. The van der Waals surface area contributed by atoms with Crippen LogP contribution in [-0.2, 0) is 17.8 Å². The predicted molar refractivity (Wildman–Crippen MR) is 97.5 cm³/mol. The van der Waals surface area contributed by atoms with E-state index in [0.29, 0.717) is 13.0 Å². The Morgan fingerprint density at radius 3 is 2.46 bits per heavy atom. The fraction of sp³-hybridized carbons (Fsp3) is 0.421. The van der Waals surface area contributed by atoms with Crippen molar-refractivity contribution in [2.45, 2.75) is 19.9 Å². The van der Waals surface area contributed by atoms with Crippen LogP contribution in [0.3, 0.4) is 0 Å². The van der Waals surface area contributed by atoms with E-state index in [0.717, 1.165) is 44.0 Å². The Bertz CT molecular complexity index is 632. The van der Waals surface area contributed by atoms with Crippen molar-refractivity contribution in [1.82, 2.24) is 9.80 Å². The maximum atomic E-state index is 12.5. The molecule has 0 unspecified atom stereocenters. The monoisotopic (exact) mass is 344 g/mol. The van der Waals surface area contributed by atoms with Gasteiger partial charge in [0.1, 0.15) is 5.75 Å². The van der Waals surface area contributed by atoms with E-state index >= 15 is 0 Å².